The molecule has 2 aliphatic carbocycles. The van der Waals surface area contributed by atoms with Crippen LogP contribution in [0.1, 0.15) is 6.92 Å². The van der Waals surface area contributed by atoms with Crippen LogP contribution in [-0.4, -0.2) is 13.1 Å². The Labute approximate surface area is 135 Å². The largest absolute Gasteiger partial charge is 0.468 e. The number of fused-ring (bicyclic) bond motifs is 4. The molecule has 0 radical (unpaired) electrons. The number of carbonyl (C=O) groups excluding carboxylic acids is 1. The average molecular weight is 302 g/mol. The molecule has 0 amide bonds. The van der Waals surface area contributed by atoms with Gasteiger partial charge in [0.1, 0.15) is 0 Å². The Balaban J connectivity index is 0.000000276. The molecule has 23 heavy (non-hydrogen) atoms. The molecule has 0 saturated carbocycles. The maximum atomic E-state index is 9.18. The van der Waals surface area contributed by atoms with Crippen LogP contribution in [0, 0.1) is 0 Å². The molecule has 0 unspecified atom stereocenters. The second-order valence-electron chi connectivity index (χ2n) is 5.26. The maximum absolute atomic E-state index is 9.18. The molecule has 0 bridgehead atoms. The predicted molar refractivity (Wildman–Crippen MR) is 95.8 cm³/mol. The highest BCUT2D eigenvalue weighted by atomic mass is 16.5. The Morgan fingerprint density at radius 1 is 0.826 bits per heavy atom. The fourth-order valence-electron chi connectivity index (χ4n) is 2.78. The van der Waals surface area contributed by atoms with Crippen LogP contribution in [0.2, 0.25) is 0 Å². The summed E-state index contributed by atoms with van der Waals surface area (Å²) in [5.74, 6) is 0. The summed E-state index contributed by atoms with van der Waals surface area (Å²) < 4.78 is 4.15. The van der Waals surface area contributed by atoms with E-state index in [1.165, 1.54) is 32.7 Å². The molecule has 2 aromatic carbocycles. The number of hydrogen-bond acceptors (Lipinski definition) is 2. The molecule has 4 rings (SSSR count). The topological polar surface area (TPSA) is 26.3 Å². The minimum absolute atomic E-state index is 0.431. The van der Waals surface area contributed by atoms with E-state index >= 15 is 0 Å². The summed E-state index contributed by atoms with van der Waals surface area (Å²) in [4.78, 5) is 9.18. The van der Waals surface area contributed by atoms with Crippen LogP contribution < -0.4 is 0 Å². The summed E-state index contributed by atoms with van der Waals surface area (Å²) in [5.41, 5.74) is 2.64. The summed E-state index contributed by atoms with van der Waals surface area (Å²) in [6.07, 6.45) is 0. The van der Waals surface area contributed by atoms with Crippen LogP contribution in [0.5, 0.6) is 0 Å². The van der Waals surface area contributed by atoms with Gasteiger partial charge in [-0.15, -0.1) is 0 Å². The molecule has 0 saturated heterocycles. The first kappa shape index (κ1) is 15.0. The number of benzene rings is 2. The Hall–Kier alpha value is -2.87. The van der Waals surface area contributed by atoms with Gasteiger partial charge in [0.15, 0.2) is 0 Å². The highest BCUT2D eigenvalue weighted by Gasteiger charge is 2.05. The minimum Gasteiger partial charge on any atom is -0.468 e. The van der Waals surface area contributed by atoms with Gasteiger partial charge in [0.05, 0.1) is 6.61 Å². The molecule has 2 aliphatic rings. The van der Waals surface area contributed by atoms with Gasteiger partial charge in [0.25, 0.3) is 6.47 Å². The van der Waals surface area contributed by atoms with Crippen LogP contribution in [0.3, 0.4) is 0 Å². The maximum Gasteiger partial charge on any atom is 0.293 e. The highest BCUT2D eigenvalue weighted by molar-refractivity contribution is 6.04. The third kappa shape index (κ3) is 3.16. The monoisotopic (exact) mass is 302 g/mol. The molecule has 0 N–H and O–H groups in total. The lowest BCUT2D eigenvalue weighted by Crippen LogP contribution is -1.80. The van der Waals surface area contributed by atoms with Crippen molar-refractivity contribution in [2.75, 3.05) is 6.61 Å². The van der Waals surface area contributed by atoms with Crippen LogP contribution >= 0.6 is 0 Å². The molecule has 114 valence electrons. The van der Waals surface area contributed by atoms with Crippen molar-refractivity contribution in [3.63, 3.8) is 0 Å². The average Bonchev–Trinajstić information content (AvgIpc) is 2.97. The van der Waals surface area contributed by atoms with Gasteiger partial charge in [-0.1, -0.05) is 60.7 Å². The number of ether oxygens (including phenoxy) is 1. The zero-order chi connectivity index (χ0) is 16.1. The highest BCUT2D eigenvalue weighted by Crippen LogP contribution is 2.32. The lowest BCUT2D eigenvalue weighted by molar-refractivity contribution is -0.128. The van der Waals surface area contributed by atoms with Gasteiger partial charge in [0.2, 0.25) is 0 Å². The van der Waals surface area contributed by atoms with Crippen LogP contribution in [0.25, 0.3) is 32.7 Å². The van der Waals surface area contributed by atoms with E-state index < -0.39 is 0 Å². The Morgan fingerprint density at radius 2 is 1.48 bits per heavy atom. The van der Waals surface area contributed by atoms with E-state index in [0.717, 1.165) is 0 Å². The zero-order valence-corrected chi connectivity index (χ0v) is 13.0. The Morgan fingerprint density at radius 3 is 2.13 bits per heavy atom. The Bertz CT molecular complexity index is 912. The summed E-state index contributed by atoms with van der Waals surface area (Å²) in [6.45, 7) is 2.66. The molecule has 0 fully saturated rings. The molecule has 0 aliphatic heterocycles. The van der Waals surface area contributed by atoms with E-state index in [0.29, 0.717) is 13.1 Å². The first-order valence-corrected chi connectivity index (χ1v) is 7.69. The van der Waals surface area contributed by atoms with E-state index in [4.69, 9.17) is 0 Å². The van der Waals surface area contributed by atoms with Gasteiger partial charge in [0, 0.05) is 0 Å². The quantitative estimate of drug-likeness (QED) is 0.471. The van der Waals surface area contributed by atoms with Gasteiger partial charge >= 0.3 is 0 Å². The second kappa shape index (κ2) is 6.93. The standard InChI is InChI=1S/C18H12.C3H6O2/c1-2-6-15-12-18-16(11-14(15)5-1)9-3-7-13-8-4-10-17(13)18;1-2-5-3-4/h1-12H;3H,2H2,1H3. The Kier molecular flexibility index (Phi) is 4.53. The van der Waals surface area contributed by atoms with Gasteiger partial charge in [-0.2, -0.15) is 0 Å². The van der Waals surface area contributed by atoms with Crippen LogP contribution in [0.15, 0.2) is 72.8 Å². The summed E-state index contributed by atoms with van der Waals surface area (Å²) in [6, 6.07) is 26.1. The van der Waals surface area contributed by atoms with Gasteiger partial charge in [-0.3, -0.25) is 4.79 Å². The van der Waals surface area contributed by atoms with E-state index in [1.807, 2.05) is 0 Å². The van der Waals surface area contributed by atoms with Crippen molar-refractivity contribution < 1.29 is 9.53 Å². The van der Waals surface area contributed by atoms with Gasteiger partial charge in [-0.25, -0.2) is 0 Å². The van der Waals surface area contributed by atoms with Crippen molar-refractivity contribution in [3.05, 3.63) is 72.8 Å². The van der Waals surface area contributed by atoms with E-state index in [9.17, 15) is 4.79 Å². The minimum atomic E-state index is 0.431. The zero-order valence-electron chi connectivity index (χ0n) is 13.0. The van der Waals surface area contributed by atoms with E-state index in [2.05, 4.69) is 77.5 Å². The number of rotatable bonds is 2. The number of hydrogen-bond donors (Lipinski definition) is 0. The fraction of sp³-hybridized carbons (Fsp3) is 0.0952. The predicted octanol–water partition coefficient (Wildman–Crippen LogP) is 5.28. The third-order valence-electron chi connectivity index (χ3n) is 3.84. The third-order valence-corrected chi connectivity index (χ3v) is 3.84. The van der Waals surface area contributed by atoms with Crippen molar-refractivity contribution in [2.24, 2.45) is 0 Å². The fourth-order valence-corrected chi connectivity index (χ4v) is 2.78. The van der Waals surface area contributed by atoms with Crippen molar-refractivity contribution in [2.45, 2.75) is 6.92 Å². The summed E-state index contributed by atoms with van der Waals surface area (Å²) in [5, 5.41) is 5.24. The lowest BCUT2D eigenvalue weighted by atomic mass is 10.0. The molecule has 2 nitrogen and oxygen atoms in total. The van der Waals surface area contributed by atoms with Crippen LogP contribution in [-0.2, 0) is 9.53 Å². The van der Waals surface area contributed by atoms with Crippen molar-refractivity contribution in [3.8, 4) is 11.1 Å². The molecular formula is C21H18O2. The van der Waals surface area contributed by atoms with Gasteiger partial charge in [-0.05, 0) is 51.7 Å². The normalized spacial score (nSPS) is 10.3. The van der Waals surface area contributed by atoms with Crippen molar-refractivity contribution in [1.82, 2.24) is 0 Å². The molecule has 2 aromatic rings. The molecule has 0 aromatic heterocycles. The van der Waals surface area contributed by atoms with E-state index in [-0.39, 0.29) is 0 Å². The molecule has 0 spiro atoms. The summed E-state index contributed by atoms with van der Waals surface area (Å²) in [7, 11) is 0. The first-order chi connectivity index (χ1) is 11.3. The number of carbonyl (C=O) groups is 1. The molecular weight excluding hydrogens is 284 g/mol. The smallest absolute Gasteiger partial charge is 0.293 e. The molecule has 0 atom stereocenters. The van der Waals surface area contributed by atoms with Crippen molar-refractivity contribution in [1.29, 1.82) is 0 Å². The first-order valence-electron chi connectivity index (χ1n) is 7.69. The van der Waals surface area contributed by atoms with E-state index in [1.54, 1.807) is 6.92 Å². The van der Waals surface area contributed by atoms with Crippen LogP contribution in [0.4, 0.5) is 0 Å². The molecule has 2 heteroatoms. The molecule has 0 heterocycles. The van der Waals surface area contributed by atoms with Gasteiger partial charge < -0.3 is 4.74 Å². The SMILES string of the molecule is CCOC=O.c1cc2cccc3cc4ccccc4cc3c-2c1. The summed E-state index contributed by atoms with van der Waals surface area (Å²) >= 11 is 0. The second-order valence-corrected chi connectivity index (χ2v) is 5.26. The lowest BCUT2D eigenvalue weighted by Gasteiger charge is -2.02. The van der Waals surface area contributed by atoms with Crippen molar-refractivity contribution >= 4 is 28.0 Å².